The molecule has 0 saturated heterocycles. The number of hydrogen-bond donors (Lipinski definition) is 6. The monoisotopic (exact) mass is 480 g/mol. The number of amidine groups is 1. The highest BCUT2D eigenvalue weighted by Crippen LogP contribution is 2.24. The van der Waals surface area contributed by atoms with E-state index in [-0.39, 0.29) is 33.8 Å². The van der Waals surface area contributed by atoms with E-state index in [0.717, 1.165) is 0 Å². The Hall–Kier alpha value is -2.65. The number of nitrogens with two attached hydrogens (primary N) is 1. The molecule has 1 atom stereocenters. The van der Waals surface area contributed by atoms with Crippen molar-refractivity contribution in [1.29, 1.82) is 5.41 Å². The molecule has 0 aromatic heterocycles. The number of aliphatic hydroxyl groups is 2. The summed E-state index contributed by atoms with van der Waals surface area (Å²) in [4.78, 5) is 24.5. The Kier molecular flexibility index (Phi) is 9.93. The molecule has 0 heterocycles. The Labute approximate surface area is 196 Å². The Bertz CT molecular complexity index is 931. The lowest BCUT2D eigenvalue weighted by Crippen LogP contribution is -2.45. The van der Waals surface area contributed by atoms with Crippen LogP contribution in [0.4, 0.5) is 5.69 Å². The molecule has 2 aromatic rings. The summed E-state index contributed by atoms with van der Waals surface area (Å²) >= 11 is 12.1. The van der Waals surface area contributed by atoms with Crippen LogP contribution >= 0.6 is 23.2 Å². The summed E-state index contributed by atoms with van der Waals surface area (Å²) < 4.78 is 0. The van der Waals surface area contributed by atoms with Gasteiger partial charge in [0.15, 0.2) is 6.29 Å². The highest BCUT2D eigenvalue weighted by Gasteiger charge is 2.23. The van der Waals surface area contributed by atoms with Crippen LogP contribution in [0.5, 0.6) is 0 Å². The number of hydrogen-bond acceptors (Lipinski definition) is 5. The van der Waals surface area contributed by atoms with Crippen LogP contribution in [0, 0.1) is 5.41 Å². The minimum atomic E-state index is -1.81. The van der Waals surface area contributed by atoms with Gasteiger partial charge in [0.2, 0.25) is 5.91 Å². The second-order valence-corrected chi connectivity index (χ2v) is 8.09. The fraction of sp³-hybridized carbons (Fsp3) is 0.318. The van der Waals surface area contributed by atoms with E-state index in [1.807, 2.05) is 0 Å². The Morgan fingerprint density at radius 2 is 1.59 bits per heavy atom. The van der Waals surface area contributed by atoms with Crippen molar-refractivity contribution >= 4 is 46.5 Å². The molecule has 172 valence electrons. The molecule has 2 aromatic carbocycles. The van der Waals surface area contributed by atoms with Crippen LogP contribution in [-0.4, -0.2) is 40.2 Å². The normalized spacial score (nSPS) is 11.8. The van der Waals surface area contributed by atoms with Crippen molar-refractivity contribution in [1.82, 2.24) is 5.32 Å². The fourth-order valence-corrected chi connectivity index (χ4v) is 3.56. The van der Waals surface area contributed by atoms with Crippen molar-refractivity contribution in [3.05, 3.63) is 63.6 Å². The SMILES string of the molecule is N=C(N)CCCCC(=O)Nc1ccc(C[C@H](NC(=O)c2c(Cl)cccc2Cl)C(O)O)cc1. The summed E-state index contributed by atoms with van der Waals surface area (Å²) in [5.41, 5.74) is 6.66. The predicted molar refractivity (Wildman–Crippen MR) is 125 cm³/mol. The third-order valence-corrected chi connectivity index (χ3v) is 5.29. The molecular formula is C22H26Cl2N4O4. The fourth-order valence-electron chi connectivity index (χ4n) is 2.99. The largest absolute Gasteiger partial charge is 0.388 e. The highest BCUT2D eigenvalue weighted by molar-refractivity contribution is 6.39. The molecule has 0 aliphatic carbocycles. The van der Waals surface area contributed by atoms with Gasteiger partial charge in [-0.1, -0.05) is 41.4 Å². The van der Waals surface area contributed by atoms with Crippen LogP contribution in [0.1, 0.15) is 41.6 Å². The standard InChI is InChI=1S/C22H26Cl2N4O4/c23-15-4-3-5-16(24)20(15)21(30)28-17(22(31)32)12-13-8-10-14(11-9-13)27-19(29)7-2-1-6-18(25)26/h3-5,8-11,17,22,31-32H,1-2,6-7,12H2,(H3,25,26)(H,27,29)(H,28,30)/t17-/m0/s1. The average molecular weight is 481 g/mol. The van der Waals surface area contributed by atoms with Crippen LogP contribution in [0.15, 0.2) is 42.5 Å². The van der Waals surface area contributed by atoms with E-state index in [2.05, 4.69) is 10.6 Å². The van der Waals surface area contributed by atoms with Crippen molar-refractivity contribution in [2.45, 2.75) is 44.4 Å². The van der Waals surface area contributed by atoms with E-state index in [4.69, 9.17) is 34.3 Å². The maximum atomic E-state index is 12.5. The Morgan fingerprint density at radius 3 is 2.16 bits per heavy atom. The third-order valence-electron chi connectivity index (χ3n) is 4.66. The predicted octanol–water partition coefficient (Wildman–Crippen LogP) is 3.08. The van der Waals surface area contributed by atoms with Crippen molar-refractivity contribution in [3.63, 3.8) is 0 Å². The summed E-state index contributed by atoms with van der Waals surface area (Å²) in [5.74, 6) is -0.653. The number of unbranched alkanes of at least 4 members (excludes halogenated alkanes) is 1. The zero-order chi connectivity index (χ0) is 23.7. The molecule has 8 nitrogen and oxygen atoms in total. The summed E-state index contributed by atoms with van der Waals surface area (Å²) in [6, 6.07) is 10.5. The Morgan fingerprint density at radius 1 is 1.00 bits per heavy atom. The van der Waals surface area contributed by atoms with Gasteiger partial charge in [0.1, 0.15) is 0 Å². The van der Waals surface area contributed by atoms with Gasteiger partial charge in [-0.3, -0.25) is 15.0 Å². The summed E-state index contributed by atoms with van der Waals surface area (Å²) in [5, 5.41) is 32.2. The zero-order valence-corrected chi connectivity index (χ0v) is 18.8. The first kappa shape index (κ1) is 25.6. The molecule has 0 unspecified atom stereocenters. The minimum absolute atomic E-state index is 0.0582. The molecule has 0 saturated carbocycles. The van der Waals surface area contributed by atoms with Crippen LogP contribution in [0.25, 0.3) is 0 Å². The zero-order valence-electron chi connectivity index (χ0n) is 17.3. The summed E-state index contributed by atoms with van der Waals surface area (Å²) in [6.45, 7) is 0. The second-order valence-electron chi connectivity index (χ2n) is 7.27. The molecular weight excluding hydrogens is 455 g/mol. The van der Waals surface area contributed by atoms with Gasteiger partial charge < -0.3 is 26.6 Å². The van der Waals surface area contributed by atoms with Gasteiger partial charge in [-0.05, 0) is 49.1 Å². The number of carbonyl (C=O) groups excluding carboxylic acids is 2. The third kappa shape index (κ3) is 8.12. The minimum Gasteiger partial charge on any atom is -0.388 e. The first-order valence-electron chi connectivity index (χ1n) is 10.00. The highest BCUT2D eigenvalue weighted by atomic mass is 35.5. The molecule has 7 N–H and O–H groups in total. The number of anilines is 1. The lowest BCUT2D eigenvalue weighted by molar-refractivity contribution is -0.116. The van der Waals surface area contributed by atoms with E-state index >= 15 is 0 Å². The van der Waals surface area contributed by atoms with E-state index in [1.165, 1.54) is 12.1 Å². The lowest BCUT2D eigenvalue weighted by Gasteiger charge is -2.21. The van der Waals surface area contributed by atoms with Crippen LogP contribution < -0.4 is 16.4 Å². The number of carbonyl (C=O) groups is 2. The van der Waals surface area contributed by atoms with Crippen molar-refractivity contribution in [2.24, 2.45) is 5.73 Å². The van der Waals surface area contributed by atoms with E-state index < -0.39 is 18.2 Å². The Balaban J connectivity index is 1.94. The molecule has 0 fully saturated rings. The molecule has 0 bridgehead atoms. The van der Waals surface area contributed by atoms with E-state index in [9.17, 15) is 19.8 Å². The topological polar surface area (TPSA) is 149 Å². The number of aliphatic hydroxyl groups excluding tert-OH is 1. The van der Waals surface area contributed by atoms with Gasteiger partial charge in [-0.2, -0.15) is 0 Å². The quantitative estimate of drug-likeness (QED) is 0.126. The van der Waals surface area contributed by atoms with Gasteiger partial charge in [-0.15, -0.1) is 0 Å². The molecule has 32 heavy (non-hydrogen) atoms. The summed E-state index contributed by atoms with van der Waals surface area (Å²) in [6.07, 6.45) is 0.426. The van der Waals surface area contributed by atoms with Gasteiger partial charge in [0, 0.05) is 18.5 Å². The van der Waals surface area contributed by atoms with Crippen LogP contribution in [-0.2, 0) is 11.2 Å². The van der Waals surface area contributed by atoms with Gasteiger partial charge in [0.05, 0.1) is 27.5 Å². The summed E-state index contributed by atoms with van der Waals surface area (Å²) in [7, 11) is 0. The molecule has 0 radical (unpaired) electrons. The molecule has 0 aliphatic rings. The molecule has 2 rings (SSSR count). The first-order valence-corrected chi connectivity index (χ1v) is 10.8. The maximum Gasteiger partial charge on any atom is 0.254 e. The smallest absolute Gasteiger partial charge is 0.254 e. The van der Waals surface area contributed by atoms with E-state index in [0.29, 0.717) is 36.9 Å². The number of halogens is 2. The molecule has 2 amide bonds. The first-order chi connectivity index (χ1) is 15.2. The molecule has 0 spiro atoms. The van der Waals surface area contributed by atoms with E-state index in [1.54, 1.807) is 30.3 Å². The number of amides is 2. The van der Waals surface area contributed by atoms with Gasteiger partial charge in [-0.25, -0.2) is 0 Å². The van der Waals surface area contributed by atoms with Crippen LogP contribution in [0.3, 0.4) is 0 Å². The molecule has 10 heteroatoms. The van der Waals surface area contributed by atoms with Gasteiger partial charge in [0.25, 0.3) is 5.91 Å². The average Bonchev–Trinajstić information content (AvgIpc) is 2.71. The van der Waals surface area contributed by atoms with Gasteiger partial charge >= 0.3 is 0 Å². The van der Waals surface area contributed by atoms with Crippen molar-refractivity contribution in [3.8, 4) is 0 Å². The number of nitrogens with one attached hydrogen (secondary N) is 3. The lowest BCUT2D eigenvalue weighted by atomic mass is 10.0. The van der Waals surface area contributed by atoms with Crippen LogP contribution in [0.2, 0.25) is 10.0 Å². The molecule has 0 aliphatic heterocycles. The van der Waals surface area contributed by atoms with Crippen molar-refractivity contribution < 1.29 is 19.8 Å². The second kappa shape index (κ2) is 12.4. The number of benzene rings is 2. The maximum absolute atomic E-state index is 12.5. The number of rotatable bonds is 11. The van der Waals surface area contributed by atoms with Crippen molar-refractivity contribution in [2.75, 3.05) is 5.32 Å².